The van der Waals surface area contributed by atoms with E-state index in [1.807, 2.05) is 24.3 Å². The summed E-state index contributed by atoms with van der Waals surface area (Å²) in [5.74, 6) is -0.297. The van der Waals surface area contributed by atoms with Crippen LogP contribution in [0.4, 0.5) is 5.69 Å². The van der Waals surface area contributed by atoms with Crippen LogP contribution in [0.3, 0.4) is 0 Å². The van der Waals surface area contributed by atoms with Gasteiger partial charge in [0.1, 0.15) is 6.61 Å². The van der Waals surface area contributed by atoms with Crippen molar-refractivity contribution in [3.8, 4) is 0 Å². The quantitative estimate of drug-likeness (QED) is 0.470. The summed E-state index contributed by atoms with van der Waals surface area (Å²) >= 11 is 6.14. The van der Waals surface area contributed by atoms with Gasteiger partial charge in [-0.05, 0) is 41.7 Å². The van der Waals surface area contributed by atoms with Gasteiger partial charge in [0, 0.05) is 17.2 Å². The molecule has 0 N–H and O–H groups in total. The first kappa shape index (κ1) is 15.5. The molecule has 23 heavy (non-hydrogen) atoms. The van der Waals surface area contributed by atoms with Gasteiger partial charge in [0.2, 0.25) is 0 Å². The standard InChI is InChI=1S/C17H14ClNO4/c18-16-4-2-1-3-13(16)14-9-15(14)17(20)23-10-11-5-7-12(8-6-11)19(21)22/h1-8,14-15H,9-10H2. The normalized spacial score (nSPS) is 19.2. The van der Waals surface area contributed by atoms with E-state index in [2.05, 4.69) is 0 Å². The van der Waals surface area contributed by atoms with Crippen molar-refractivity contribution >= 4 is 23.3 Å². The van der Waals surface area contributed by atoms with Gasteiger partial charge in [-0.2, -0.15) is 0 Å². The van der Waals surface area contributed by atoms with E-state index in [9.17, 15) is 14.9 Å². The number of esters is 1. The van der Waals surface area contributed by atoms with Gasteiger partial charge >= 0.3 is 5.97 Å². The molecule has 0 amide bonds. The van der Waals surface area contributed by atoms with Crippen molar-refractivity contribution in [1.82, 2.24) is 0 Å². The number of carbonyl (C=O) groups excluding carboxylic acids is 1. The lowest BCUT2D eigenvalue weighted by Crippen LogP contribution is -2.08. The number of ether oxygens (including phenoxy) is 1. The minimum Gasteiger partial charge on any atom is -0.461 e. The van der Waals surface area contributed by atoms with Crippen LogP contribution in [0.2, 0.25) is 5.02 Å². The molecule has 0 aliphatic heterocycles. The smallest absolute Gasteiger partial charge is 0.309 e. The summed E-state index contributed by atoms with van der Waals surface area (Å²) in [6.07, 6.45) is 0.739. The van der Waals surface area contributed by atoms with E-state index in [0.29, 0.717) is 5.02 Å². The van der Waals surface area contributed by atoms with Crippen LogP contribution in [0.25, 0.3) is 0 Å². The Morgan fingerprint density at radius 1 is 1.22 bits per heavy atom. The molecule has 2 unspecified atom stereocenters. The maximum atomic E-state index is 12.1. The van der Waals surface area contributed by atoms with E-state index in [4.69, 9.17) is 16.3 Å². The number of nitro groups is 1. The van der Waals surface area contributed by atoms with Crippen LogP contribution in [0.1, 0.15) is 23.5 Å². The van der Waals surface area contributed by atoms with Crippen molar-refractivity contribution in [2.45, 2.75) is 18.9 Å². The summed E-state index contributed by atoms with van der Waals surface area (Å²) in [7, 11) is 0. The lowest BCUT2D eigenvalue weighted by Gasteiger charge is -2.05. The van der Waals surface area contributed by atoms with Crippen LogP contribution in [0.5, 0.6) is 0 Å². The van der Waals surface area contributed by atoms with E-state index in [1.165, 1.54) is 12.1 Å². The third-order valence-corrected chi connectivity index (χ3v) is 4.27. The zero-order valence-corrected chi connectivity index (χ0v) is 12.9. The lowest BCUT2D eigenvalue weighted by atomic mass is 10.1. The third kappa shape index (κ3) is 3.51. The number of hydrogen-bond donors (Lipinski definition) is 0. The fraction of sp³-hybridized carbons (Fsp3) is 0.235. The zero-order valence-electron chi connectivity index (χ0n) is 12.1. The fourth-order valence-electron chi connectivity index (χ4n) is 2.55. The minimum absolute atomic E-state index is 0.0149. The molecule has 0 bridgehead atoms. The highest BCUT2D eigenvalue weighted by atomic mass is 35.5. The van der Waals surface area contributed by atoms with Crippen molar-refractivity contribution in [1.29, 1.82) is 0 Å². The van der Waals surface area contributed by atoms with Crippen molar-refractivity contribution < 1.29 is 14.5 Å². The van der Waals surface area contributed by atoms with Crippen molar-refractivity contribution in [2.24, 2.45) is 5.92 Å². The summed E-state index contributed by atoms with van der Waals surface area (Å²) in [5.41, 5.74) is 1.71. The second-order valence-corrected chi connectivity index (χ2v) is 5.91. The molecule has 6 heteroatoms. The molecule has 0 aromatic heterocycles. The van der Waals surface area contributed by atoms with Gasteiger partial charge in [-0.3, -0.25) is 14.9 Å². The molecule has 2 aromatic rings. The number of carbonyl (C=O) groups is 1. The topological polar surface area (TPSA) is 69.4 Å². The first-order valence-electron chi connectivity index (χ1n) is 7.20. The fourth-order valence-corrected chi connectivity index (χ4v) is 2.83. The Morgan fingerprint density at radius 2 is 1.91 bits per heavy atom. The highest BCUT2D eigenvalue weighted by molar-refractivity contribution is 6.31. The highest BCUT2D eigenvalue weighted by Crippen LogP contribution is 2.50. The van der Waals surface area contributed by atoms with Crippen LogP contribution < -0.4 is 0 Å². The number of benzene rings is 2. The van der Waals surface area contributed by atoms with Crippen LogP contribution in [-0.4, -0.2) is 10.9 Å². The summed E-state index contributed by atoms with van der Waals surface area (Å²) in [5, 5.41) is 11.3. The Morgan fingerprint density at radius 3 is 2.57 bits per heavy atom. The average Bonchev–Trinajstić information content (AvgIpc) is 3.34. The van der Waals surface area contributed by atoms with E-state index >= 15 is 0 Å². The number of rotatable bonds is 5. The predicted octanol–water partition coefficient (Wildman–Crippen LogP) is 4.10. The van der Waals surface area contributed by atoms with Gasteiger partial charge < -0.3 is 4.74 Å². The highest BCUT2D eigenvalue weighted by Gasteiger charge is 2.46. The maximum Gasteiger partial charge on any atom is 0.309 e. The monoisotopic (exact) mass is 331 g/mol. The summed E-state index contributed by atoms with van der Waals surface area (Å²) < 4.78 is 5.29. The Kier molecular flexibility index (Phi) is 4.30. The SMILES string of the molecule is O=C(OCc1ccc([N+](=O)[O-])cc1)C1CC1c1ccccc1Cl. The molecule has 1 aliphatic rings. The molecule has 2 atom stereocenters. The van der Waals surface area contributed by atoms with Crippen molar-refractivity contribution in [2.75, 3.05) is 0 Å². The Labute approximate surface area is 138 Å². The molecule has 118 valence electrons. The van der Waals surface area contributed by atoms with Crippen molar-refractivity contribution in [3.63, 3.8) is 0 Å². The molecule has 0 heterocycles. The first-order chi connectivity index (χ1) is 11.1. The molecule has 1 fully saturated rings. The molecule has 0 radical (unpaired) electrons. The number of halogens is 1. The van der Waals surface area contributed by atoms with Crippen LogP contribution in [-0.2, 0) is 16.1 Å². The van der Waals surface area contributed by atoms with E-state index in [1.54, 1.807) is 12.1 Å². The van der Waals surface area contributed by atoms with Crippen molar-refractivity contribution in [3.05, 3.63) is 74.8 Å². The Balaban J connectivity index is 1.55. The molecule has 5 nitrogen and oxygen atoms in total. The number of nitro benzene ring substituents is 1. The average molecular weight is 332 g/mol. The van der Waals surface area contributed by atoms with Gasteiger partial charge in [-0.1, -0.05) is 29.8 Å². The minimum atomic E-state index is -0.464. The molecule has 3 rings (SSSR count). The predicted molar refractivity (Wildman–Crippen MR) is 85.2 cm³/mol. The largest absolute Gasteiger partial charge is 0.461 e. The van der Waals surface area contributed by atoms with Crippen LogP contribution in [0.15, 0.2) is 48.5 Å². The van der Waals surface area contributed by atoms with Crippen LogP contribution >= 0.6 is 11.6 Å². The second-order valence-electron chi connectivity index (χ2n) is 5.50. The molecule has 2 aromatic carbocycles. The van der Waals surface area contributed by atoms with Gasteiger partial charge in [-0.15, -0.1) is 0 Å². The van der Waals surface area contributed by atoms with E-state index < -0.39 is 4.92 Å². The molecule has 1 aliphatic carbocycles. The summed E-state index contributed by atoms with van der Waals surface area (Å²) in [6.45, 7) is 0.114. The molecule has 0 spiro atoms. The first-order valence-corrected chi connectivity index (χ1v) is 7.58. The summed E-state index contributed by atoms with van der Waals surface area (Å²) in [6, 6.07) is 13.5. The van der Waals surface area contributed by atoms with Gasteiger partial charge in [0.05, 0.1) is 10.8 Å². The van der Waals surface area contributed by atoms with E-state index in [-0.39, 0.29) is 30.1 Å². The maximum absolute atomic E-state index is 12.1. The third-order valence-electron chi connectivity index (χ3n) is 3.93. The number of non-ortho nitro benzene ring substituents is 1. The van der Waals surface area contributed by atoms with Gasteiger partial charge in [-0.25, -0.2) is 0 Å². The second kappa shape index (κ2) is 6.38. The zero-order chi connectivity index (χ0) is 16.4. The van der Waals surface area contributed by atoms with Gasteiger partial charge in [0.15, 0.2) is 0 Å². The molecule has 0 saturated heterocycles. The van der Waals surface area contributed by atoms with Gasteiger partial charge in [0.25, 0.3) is 5.69 Å². The molecular weight excluding hydrogens is 318 g/mol. The number of nitrogens with zero attached hydrogens (tertiary/aromatic N) is 1. The Bertz CT molecular complexity index is 745. The number of hydrogen-bond acceptors (Lipinski definition) is 4. The molecule has 1 saturated carbocycles. The summed E-state index contributed by atoms with van der Waals surface area (Å²) in [4.78, 5) is 22.2. The lowest BCUT2D eigenvalue weighted by molar-refractivity contribution is -0.384. The Hall–Kier alpha value is -2.40. The molecular formula is C17H14ClNO4. The van der Waals surface area contributed by atoms with Crippen LogP contribution in [0, 0.1) is 16.0 Å². The van der Waals surface area contributed by atoms with E-state index in [0.717, 1.165) is 17.5 Å².